The summed E-state index contributed by atoms with van der Waals surface area (Å²) in [6, 6.07) is 6.01. The highest BCUT2D eigenvalue weighted by atomic mass is 16.4. The second kappa shape index (κ2) is 4.20. The Hall–Kier alpha value is -2.69. The zero-order chi connectivity index (χ0) is 13.4. The van der Waals surface area contributed by atoms with Crippen LogP contribution in [0.15, 0.2) is 36.8 Å². The molecule has 5 heteroatoms. The van der Waals surface area contributed by atoms with Crippen LogP contribution in [0.3, 0.4) is 0 Å². The first kappa shape index (κ1) is 11.4. The summed E-state index contributed by atoms with van der Waals surface area (Å²) in [5.41, 5.74) is 3.73. The molecule has 19 heavy (non-hydrogen) atoms. The number of hydrogen-bond acceptors (Lipinski definition) is 3. The van der Waals surface area contributed by atoms with Gasteiger partial charge in [0.15, 0.2) is 5.69 Å². The first-order chi connectivity index (χ1) is 9.16. The van der Waals surface area contributed by atoms with Crippen LogP contribution in [0.4, 0.5) is 0 Å². The summed E-state index contributed by atoms with van der Waals surface area (Å²) < 4.78 is 0. The normalized spacial score (nSPS) is 10.8. The van der Waals surface area contributed by atoms with E-state index < -0.39 is 5.97 Å². The van der Waals surface area contributed by atoms with Gasteiger partial charge in [-0.1, -0.05) is 18.2 Å². The Bertz CT molecular complexity index is 760. The standard InChI is InChI=1S/C14H11N3O2/c1-8-3-2-4-9-10(5-17-13(8)9)11-6-16-12(7-15-11)14(18)19/h2-7,17H,1H3,(H,18,19). The van der Waals surface area contributed by atoms with E-state index in [1.165, 1.54) is 12.4 Å². The predicted octanol–water partition coefficient (Wildman–Crippen LogP) is 2.63. The fourth-order valence-electron chi connectivity index (χ4n) is 2.10. The van der Waals surface area contributed by atoms with Gasteiger partial charge in [-0.15, -0.1) is 0 Å². The zero-order valence-electron chi connectivity index (χ0n) is 10.2. The van der Waals surface area contributed by atoms with Crippen LogP contribution in [-0.4, -0.2) is 26.0 Å². The van der Waals surface area contributed by atoms with E-state index in [1.54, 1.807) is 0 Å². The minimum atomic E-state index is -1.08. The van der Waals surface area contributed by atoms with Crippen LogP contribution in [0.1, 0.15) is 16.1 Å². The molecule has 2 aromatic heterocycles. The minimum Gasteiger partial charge on any atom is -0.476 e. The average Bonchev–Trinajstić information content (AvgIpc) is 2.84. The van der Waals surface area contributed by atoms with E-state index in [1.807, 2.05) is 31.3 Å². The molecule has 0 amide bonds. The number of fused-ring (bicyclic) bond motifs is 1. The van der Waals surface area contributed by atoms with Crippen LogP contribution < -0.4 is 0 Å². The van der Waals surface area contributed by atoms with Gasteiger partial charge in [0.1, 0.15) is 0 Å². The lowest BCUT2D eigenvalue weighted by Crippen LogP contribution is -2.00. The third-order valence-electron chi connectivity index (χ3n) is 3.07. The molecule has 0 unspecified atom stereocenters. The molecule has 0 aliphatic carbocycles. The smallest absolute Gasteiger partial charge is 0.356 e. The summed E-state index contributed by atoms with van der Waals surface area (Å²) in [5.74, 6) is -1.08. The number of hydrogen-bond donors (Lipinski definition) is 2. The van der Waals surface area contributed by atoms with Crippen molar-refractivity contribution in [2.45, 2.75) is 6.92 Å². The van der Waals surface area contributed by atoms with Gasteiger partial charge in [-0.2, -0.15) is 0 Å². The van der Waals surface area contributed by atoms with E-state index >= 15 is 0 Å². The maximum absolute atomic E-state index is 10.7. The Kier molecular flexibility index (Phi) is 2.52. The van der Waals surface area contributed by atoms with E-state index in [4.69, 9.17) is 5.11 Å². The molecule has 1 aromatic carbocycles. The molecule has 0 atom stereocenters. The van der Waals surface area contributed by atoms with Gasteiger partial charge in [-0.25, -0.2) is 9.78 Å². The fraction of sp³-hybridized carbons (Fsp3) is 0.0714. The quantitative estimate of drug-likeness (QED) is 0.735. The summed E-state index contributed by atoms with van der Waals surface area (Å²) >= 11 is 0. The van der Waals surface area contributed by atoms with Crippen molar-refractivity contribution in [1.29, 1.82) is 0 Å². The summed E-state index contributed by atoms with van der Waals surface area (Å²) in [6.45, 7) is 2.03. The van der Waals surface area contributed by atoms with Crippen LogP contribution in [0, 0.1) is 6.92 Å². The number of aromatic amines is 1. The van der Waals surface area contributed by atoms with Crippen molar-refractivity contribution < 1.29 is 9.90 Å². The molecule has 0 aliphatic rings. The van der Waals surface area contributed by atoms with Gasteiger partial charge in [0.2, 0.25) is 0 Å². The van der Waals surface area contributed by atoms with Gasteiger partial charge in [0.25, 0.3) is 0 Å². The van der Waals surface area contributed by atoms with Crippen LogP contribution >= 0.6 is 0 Å². The average molecular weight is 253 g/mol. The van der Waals surface area contributed by atoms with Gasteiger partial charge < -0.3 is 10.1 Å². The maximum Gasteiger partial charge on any atom is 0.356 e. The van der Waals surface area contributed by atoms with E-state index in [-0.39, 0.29) is 5.69 Å². The van der Waals surface area contributed by atoms with Crippen molar-refractivity contribution in [2.75, 3.05) is 0 Å². The van der Waals surface area contributed by atoms with E-state index in [2.05, 4.69) is 15.0 Å². The number of nitrogens with zero attached hydrogens (tertiary/aromatic N) is 2. The number of H-pyrrole nitrogens is 1. The number of carboxylic acids is 1. The highest BCUT2D eigenvalue weighted by molar-refractivity contribution is 5.96. The molecule has 0 radical (unpaired) electrons. The zero-order valence-corrected chi connectivity index (χ0v) is 10.2. The van der Waals surface area contributed by atoms with Crippen LogP contribution in [-0.2, 0) is 0 Å². The lowest BCUT2D eigenvalue weighted by molar-refractivity contribution is 0.0690. The Morgan fingerprint density at radius 3 is 2.79 bits per heavy atom. The molecule has 5 nitrogen and oxygen atoms in total. The second-order valence-electron chi connectivity index (χ2n) is 4.29. The largest absolute Gasteiger partial charge is 0.476 e. The number of carbonyl (C=O) groups is 1. The van der Waals surface area contributed by atoms with Crippen LogP contribution in [0.25, 0.3) is 22.2 Å². The number of aromatic nitrogens is 3. The number of aryl methyl sites for hydroxylation is 1. The molecule has 3 rings (SSSR count). The lowest BCUT2D eigenvalue weighted by atomic mass is 10.1. The van der Waals surface area contributed by atoms with Gasteiger partial charge in [0, 0.05) is 22.7 Å². The molecule has 0 aliphatic heterocycles. The van der Waals surface area contributed by atoms with E-state index in [9.17, 15) is 4.79 Å². The van der Waals surface area contributed by atoms with Crippen molar-refractivity contribution in [3.05, 3.63) is 48.0 Å². The Morgan fingerprint density at radius 2 is 2.11 bits per heavy atom. The molecule has 0 saturated heterocycles. The molecule has 0 bridgehead atoms. The Labute approximate surface area is 109 Å². The molecule has 2 N–H and O–H groups in total. The summed E-state index contributed by atoms with van der Waals surface area (Å²) in [5, 5.41) is 9.86. The van der Waals surface area contributed by atoms with Crippen molar-refractivity contribution >= 4 is 16.9 Å². The lowest BCUT2D eigenvalue weighted by Gasteiger charge is -2.00. The summed E-state index contributed by atoms with van der Waals surface area (Å²) in [4.78, 5) is 22.0. The number of aromatic carboxylic acids is 1. The second-order valence-corrected chi connectivity index (χ2v) is 4.29. The molecule has 3 aromatic rings. The molecule has 0 fully saturated rings. The maximum atomic E-state index is 10.7. The SMILES string of the molecule is Cc1cccc2c(-c3cnc(C(=O)O)cn3)c[nH]c12. The molecule has 94 valence electrons. The fourth-order valence-corrected chi connectivity index (χ4v) is 2.10. The number of carboxylic acid groups (broad SMARTS) is 1. The highest BCUT2D eigenvalue weighted by Gasteiger charge is 2.10. The van der Waals surface area contributed by atoms with Gasteiger partial charge >= 0.3 is 5.97 Å². The topological polar surface area (TPSA) is 78.9 Å². The van der Waals surface area contributed by atoms with Gasteiger partial charge in [-0.05, 0) is 12.5 Å². The van der Waals surface area contributed by atoms with Crippen LogP contribution in [0.2, 0.25) is 0 Å². The minimum absolute atomic E-state index is 0.0558. The molecule has 0 saturated carbocycles. The Balaban J connectivity index is 2.14. The number of para-hydroxylation sites is 1. The summed E-state index contributed by atoms with van der Waals surface area (Å²) in [6.07, 6.45) is 4.61. The predicted molar refractivity (Wildman–Crippen MR) is 71.0 cm³/mol. The first-order valence-corrected chi connectivity index (χ1v) is 5.79. The monoisotopic (exact) mass is 253 g/mol. The third kappa shape index (κ3) is 1.85. The molecule has 0 spiro atoms. The van der Waals surface area contributed by atoms with E-state index in [0.29, 0.717) is 5.69 Å². The molecular formula is C14H11N3O2. The highest BCUT2D eigenvalue weighted by Crippen LogP contribution is 2.28. The Morgan fingerprint density at radius 1 is 1.26 bits per heavy atom. The van der Waals surface area contributed by atoms with Crippen molar-refractivity contribution in [2.24, 2.45) is 0 Å². The van der Waals surface area contributed by atoms with Crippen molar-refractivity contribution in [3.63, 3.8) is 0 Å². The van der Waals surface area contributed by atoms with Crippen molar-refractivity contribution in [3.8, 4) is 11.3 Å². The van der Waals surface area contributed by atoms with E-state index in [0.717, 1.165) is 22.0 Å². The number of nitrogens with one attached hydrogen (secondary N) is 1. The van der Waals surface area contributed by atoms with Crippen molar-refractivity contribution in [1.82, 2.24) is 15.0 Å². The first-order valence-electron chi connectivity index (χ1n) is 5.79. The van der Waals surface area contributed by atoms with Crippen LogP contribution in [0.5, 0.6) is 0 Å². The molecule has 2 heterocycles. The molecular weight excluding hydrogens is 242 g/mol. The summed E-state index contributed by atoms with van der Waals surface area (Å²) in [7, 11) is 0. The third-order valence-corrected chi connectivity index (χ3v) is 3.07. The van der Waals surface area contributed by atoms with Gasteiger partial charge in [0.05, 0.1) is 18.1 Å². The number of benzene rings is 1. The van der Waals surface area contributed by atoms with Gasteiger partial charge in [-0.3, -0.25) is 4.98 Å². The number of rotatable bonds is 2.